The number of hydrogen-bond acceptors (Lipinski definition) is 7. The van der Waals surface area contributed by atoms with Crippen molar-refractivity contribution in [3.05, 3.63) is 36.5 Å². The normalized spacial score (nSPS) is 12.6. The summed E-state index contributed by atoms with van der Waals surface area (Å²) in [6.45, 7) is -0.516. The second kappa shape index (κ2) is 7.53. The molecule has 1 aromatic heterocycles. The van der Waals surface area contributed by atoms with Crippen LogP contribution in [0.15, 0.2) is 35.6 Å². The number of halogens is 1. The van der Waals surface area contributed by atoms with Gasteiger partial charge in [0.1, 0.15) is 28.6 Å². The zero-order valence-corrected chi connectivity index (χ0v) is 13.2. The van der Waals surface area contributed by atoms with Crippen molar-refractivity contribution in [2.24, 2.45) is 0 Å². The molecule has 1 amide bonds. The standard InChI is InChI=1S/C12H9FN4O4S.CH2O2/c13-7-3-8-9(21-5-12(18)16-8)4-10(7)22(19,20)17-11-1-2-14-6-15-11;2-1-3/h1-4,6H,5H2,(H,16,18)(H,14,15,17);1H,(H,2,3). The first-order valence-electron chi connectivity index (χ1n) is 6.50. The highest BCUT2D eigenvalue weighted by atomic mass is 32.2. The van der Waals surface area contributed by atoms with E-state index in [0.29, 0.717) is 0 Å². The molecule has 25 heavy (non-hydrogen) atoms. The number of amides is 1. The van der Waals surface area contributed by atoms with Crippen molar-refractivity contribution < 1.29 is 32.2 Å². The fraction of sp³-hybridized carbons (Fsp3) is 0.0769. The molecular formula is C13H11FN4O6S. The largest absolute Gasteiger partial charge is 0.483 e. The highest BCUT2D eigenvalue weighted by Gasteiger charge is 2.25. The summed E-state index contributed by atoms with van der Waals surface area (Å²) < 4.78 is 45.7. The van der Waals surface area contributed by atoms with E-state index in [1.807, 2.05) is 0 Å². The van der Waals surface area contributed by atoms with Gasteiger partial charge in [-0.1, -0.05) is 0 Å². The van der Waals surface area contributed by atoms with E-state index in [4.69, 9.17) is 14.6 Å². The monoisotopic (exact) mass is 370 g/mol. The van der Waals surface area contributed by atoms with Crippen LogP contribution in [0.3, 0.4) is 0 Å². The van der Waals surface area contributed by atoms with Gasteiger partial charge < -0.3 is 15.2 Å². The molecule has 0 aliphatic carbocycles. The van der Waals surface area contributed by atoms with Crippen LogP contribution in [-0.4, -0.2) is 42.5 Å². The van der Waals surface area contributed by atoms with Crippen molar-refractivity contribution >= 4 is 33.9 Å². The van der Waals surface area contributed by atoms with E-state index in [2.05, 4.69) is 20.0 Å². The Morgan fingerprint density at radius 1 is 1.40 bits per heavy atom. The molecule has 10 nitrogen and oxygen atoms in total. The number of benzene rings is 1. The maximum atomic E-state index is 14.0. The highest BCUT2D eigenvalue weighted by molar-refractivity contribution is 7.92. The summed E-state index contributed by atoms with van der Waals surface area (Å²) in [5, 5.41) is 9.28. The van der Waals surface area contributed by atoms with Crippen LogP contribution in [0.1, 0.15) is 0 Å². The van der Waals surface area contributed by atoms with Crippen molar-refractivity contribution in [1.82, 2.24) is 9.97 Å². The third-order valence-electron chi connectivity index (χ3n) is 2.78. The van der Waals surface area contributed by atoms with Crippen molar-refractivity contribution in [2.75, 3.05) is 16.6 Å². The van der Waals surface area contributed by atoms with E-state index in [9.17, 15) is 17.6 Å². The van der Waals surface area contributed by atoms with Crippen LogP contribution < -0.4 is 14.8 Å². The Hall–Kier alpha value is -3.28. The molecule has 0 atom stereocenters. The summed E-state index contributed by atoms with van der Waals surface area (Å²) in [5.74, 6) is -1.39. The first-order chi connectivity index (χ1) is 11.9. The Bertz CT molecular complexity index is 891. The maximum Gasteiger partial charge on any atom is 0.290 e. The number of carbonyl (C=O) groups excluding carboxylic acids is 1. The molecule has 0 saturated heterocycles. The molecule has 1 aromatic carbocycles. The number of carbonyl (C=O) groups is 2. The predicted octanol–water partition coefficient (Wildman–Crippen LogP) is 0.448. The third kappa shape index (κ3) is 4.38. The number of anilines is 2. The molecule has 2 aromatic rings. The minimum absolute atomic E-state index is 0.00124. The van der Waals surface area contributed by atoms with Crippen LogP contribution in [-0.2, 0) is 19.6 Å². The average molecular weight is 370 g/mol. The zero-order chi connectivity index (χ0) is 18.4. The number of hydrogen-bond donors (Lipinski definition) is 3. The third-order valence-corrected chi connectivity index (χ3v) is 4.15. The van der Waals surface area contributed by atoms with E-state index in [0.717, 1.165) is 18.5 Å². The summed E-state index contributed by atoms with van der Waals surface area (Å²) in [6, 6.07) is 3.22. The van der Waals surface area contributed by atoms with Gasteiger partial charge in [0.05, 0.1) is 5.69 Å². The van der Waals surface area contributed by atoms with Gasteiger partial charge in [-0.2, -0.15) is 0 Å². The summed E-state index contributed by atoms with van der Waals surface area (Å²) in [4.78, 5) is 26.3. The van der Waals surface area contributed by atoms with E-state index >= 15 is 0 Å². The van der Waals surface area contributed by atoms with E-state index in [1.165, 1.54) is 12.3 Å². The number of sulfonamides is 1. The molecule has 0 unspecified atom stereocenters. The molecule has 1 aliphatic heterocycles. The van der Waals surface area contributed by atoms with Gasteiger partial charge in [0.15, 0.2) is 6.61 Å². The quantitative estimate of drug-likeness (QED) is 0.660. The second-order valence-electron chi connectivity index (χ2n) is 4.42. The molecule has 2 heterocycles. The Balaban J connectivity index is 0.000000701. The molecule has 0 spiro atoms. The molecule has 0 bridgehead atoms. The number of nitrogens with one attached hydrogen (secondary N) is 2. The first kappa shape index (κ1) is 18.1. The molecular weight excluding hydrogens is 359 g/mol. The van der Waals surface area contributed by atoms with Crippen molar-refractivity contribution in [2.45, 2.75) is 4.90 Å². The fourth-order valence-electron chi connectivity index (χ4n) is 1.83. The second-order valence-corrected chi connectivity index (χ2v) is 6.07. The van der Waals surface area contributed by atoms with Crippen LogP contribution >= 0.6 is 0 Å². The molecule has 3 rings (SSSR count). The van der Waals surface area contributed by atoms with Crippen molar-refractivity contribution in [1.29, 1.82) is 0 Å². The van der Waals surface area contributed by atoms with E-state index < -0.39 is 26.6 Å². The Labute approximate surface area is 140 Å². The Morgan fingerprint density at radius 3 is 2.76 bits per heavy atom. The zero-order valence-electron chi connectivity index (χ0n) is 12.3. The van der Waals surface area contributed by atoms with Gasteiger partial charge in [-0.3, -0.25) is 14.3 Å². The average Bonchev–Trinajstić information content (AvgIpc) is 2.55. The van der Waals surface area contributed by atoms with Crippen LogP contribution in [0.5, 0.6) is 5.75 Å². The molecule has 0 fully saturated rings. The highest BCUT2D eigenvalue weighted by Crippen LogP contribution is 2.32. The smallest absolute Gasteiger partial charge is 0.290 e. The number of carboxylic acid groups (broad SMARTS) is 1. The number of nitrogens with zero attached hydrogens (tertiary/aromatic N) is 2. The van der Waals surface area contributed by atoms with Gasteiger partial charge in [-0.15, -0.1) is 0 Å². The van der Waals surface area contributed by atoms with Crippen LogP contribution in [0, 0.1) is 5.82 Å². The lowest BCUT2D eigenvalue weighted by molar-refractivity contribution is -0.123. The lowest BCUT2D eigenvalue weighted by Gasteiger charge is -2.19. The minimum atomic E-state index is -4.20. The predicted molar refractivity (Wildman–Crippen MR) is 82.1 cm³/mol. The van der Waals surface area contributed by atoms with Gasteiger partial charge in [0.25, 0.3) is 22.4 Å². The number of rotatable bonds is 3. The summed E-state index contributed by atoms with van der Waals surface area (Å²) in [5.41, 5.74) is 0.0785. The number of aromatic nitrogens is 2. The molecule has 3 N–H and O–H groups in total. The van der Waals surface area contributed by atoms with Gasteiger partial charge in [0.2, 0.25) is 0 Å². The maximum absolute atomic E-state index is 14.0. The minimum Gasteiger partial charge on any atom is -0.483 e. The molecule has 0 radical (unpaired) electrons. The van der Waals surface area contributed by atoms with E-state index in [-0.39, 0.29) is 30.3 Å². The van der Waals surface area contributed by atoms with Crippen LogP contribution in [0.4, 0.5) is 15.9 Å². The lowest BCUT2D eigenvalue weighted by Crippen LogP contribution is -2.26. The lowest BCUT2D eigenvalue weighted by atomic mass is 10.2. The number of fused-ring (bicyclic) bond motifs is 1. The summed E-state index contributed by atoms with van der Waals surface area (Å²) in [6.07, 6.45) is 2.49. The Morgan fingerprint density at radius 2 is 2.12 bits per heavy atom. The van der Waals surface area contributed by atoms with Crippen molar-refractivity contribution in [3.63, 3.8) is 0 Å². The first-order valence-corrected chi connectivity index (χ1v) is 7.98. The van der Waals surface area contributed by atoms with E-state index in [1.54, 1.807) is 0 Å². The molecule has 0 saturated carbocycles. The van der Waals surface area contributed by atoms with Gasteiger partial charge in [-0.25, -0.2) is 22.8 Å². The molecule has 12 heteroatoms. The number of ether oxygens (including phenoxy) is 1. The van der Waals surface area contributed by atoms with Gasteiger partial charge >= 0.3 is 0 Å². The SMILES string of the molecule is O=C1COc2cc(S(=O)(=O)Nc3ccncn3)c(F)cc2N1.O=CO. The summed E-state index contributed by atoms with van der Waals surface area (Å²) >= 11 is 0. The van der Waals surface area contributed by atoms with Crippen molar-refractivity contribution in [3.8, 4) is 5.75 Å². The topological polar surface area (TPSA) is 148 Å². The molecule has 132 valence electrons. The Kier molecular flexibility index (Phi) is 5.44. The summed E-state index contributed by atoms with van der Waals surface area (Å²) in [7, 11) is -4.20. The molecule has 1 aliphatic rings. The van der Waals surface area contributed by atoms with Crippen LogP contribution in [0.2, 0.25) is 0 Å². The van der Waals surface area contributed by atoms with Gasteiger partial charge in [0, 0.05) is 18.3 Å². The fourth-order valence-corrected chi connectivity index (χ4v) is 2.91. The van der Waals surface area contributed by atoms with Crippen LogP contribution in [0.25, 0.3) is 0 Å². The van der Waals surface area contributed by atoms with Gasteiger partial charge in [-0.05, 0) is 6.07 Å².